The maximum absolute atomic E-state index is 12.9. The molecule has 0 saturated heterocycles. The number of unbranched alkanes of at least 4 members (excludes halogenated alkanes) is 26. The molecule has 0 aliphatic heterocycles. The minimum atomic E-state index is -4.76. The van der Waals surface area contributed by atoms with Crippen LogP contribution in [0.3, 0.4) is 0 Å². The topological polar surface area (TPSA) is 155 Å². The number of aliphatic hydroxyl groups excluding tert-OH is 1. The Labute approximate surface area is 452 Å². The number of carbonyl (C=O) groups excluding carboxylic acids is 3. The third kappa shape index (κ3) is 53.7. The number of rotatable bonds is 55. The second-order valence-corrected chi connectivity index (χ2v) is 21.2. The summed E-state index contributed by atoms with van der Waals surface area (Å²) in [6, 6.07) is 0. The molecular formula is C62H109O11P. The first-order valence-corrected chi connectivity index (χ1v) is 31.3. The average molecular weight is 1060 g/mol. The molecule has 0 aromatic heterocycles. The average Bonchev–Trinajstić information content (AvgIpc) is 3.39. The molecule has 428 valence electrons. The smallest absolute Gasteiger partial charge is 0.462 e. The van der Waals surface area contributed by atoms with Crippen LogP contribution in [0.5, 0.6) is 0 Å². The Morgan fingerprint density at radius 1 is 0.392 bits per heavy atom. The van der Waals surface area contributed by atoms with Crippen LogP contribution in [-0.2, 0) is 42.2 Å². The van der Waals surface area contributed by atoms with E-state index in [2.05, 4.69) is 93.7 Å². The normalized spacial score (nSPS) is 13.9. The van der Waals surface area contributed by atoms with E-state index in [1.165, 1.54) is 89.9 Å². The predicted octanol–water partition coefficient (Wildman–Crippen LogP) is 17.7. The molecule has 0 radical (unpaired) electrons. The molecule has 0 spiro atoms. The molecule has 0 bridgehead atoms. The van der Waals surface area contributed by atoms with Gasteiger partial charge in [0.15, 0.2) is 6.10 Å². The maximum atomic E-state index is 12.9. The van der Waals surface area contributed by atoms with Crippen molar-refractivity contribution in [1.82, 2.24) is 0 Å². The van der Waals surface area contributed by atoms with E-state index in [4.69, 9.17) is 23.3 Å². The van der Waals surface area contributed by atoms with Gasteiger partial charge in [-0.15, -0.1) is 0 Å². The number of carbonyl (C=O) groups is 3. The highest BCUT2D eigenvalue weighted by Gasteiger charge is 2.28. The van der Waals surface area contributed by atoms with Crippen molar-refractivity contribution in [3.63, 3.8) is 0 Å². The minimum absolute atomic E-state index is 0.146. The zero-order valence-electron chi connectivity index (χ0n) is 47.3. The Kier molecular flexibility index (Phi) is 53.8. The molecule has 0 rings (SSSR count). The largest absolute Gasteiger partial charge is 0.472 e. The molecule has 11 nitrogen and oxygen atoms in total. The lowest BCUT2D eigenvalue weighted by atomic mass is 10.1. The number of hydrogen-bond acceptors (Lipinski definition) is 10. The van der Waals surface area contributed by atoms with Gasteiger partial charge in [0.05, 0.1) is 19.8 Å². The van der Waals surface area contributed by atoms with Gasteiger partial charge in [-0.05, 0) is 103 Å². The van der Waals surface area contributed by atoms with E-state index in [0.717, 1.165) is 116 Å². The van der Waals surface area contributed by atoms with Crippen LogP contribution in [0.25, 0.3) is 0 Å². The molecule has 0 heterocycles. The Hall–Kier alpha value is -3.08. The van der Waals surface area contributed by atoms with Crippen molar-refractivity contribution < 1.29 is 52.2 Å². The van der Waals surface area contributed by atoms with Gasteiger partial charge in [0, 0.05) is 19.3 Å². The number of phosphoric ester groups is 1. The lowest BCUT2D eigenvalue weighted by Crippen LogP contribution is -2.30. The van der Waals surface area contributed by atoms with Crippen molar-refractivity contribution >= 4 is 25.7 Å². The van der Waals surface area contributed by atoms with E-state index in [-0.39, 0.29) is 25.9 Å². The van der Waals surface area contributed by atoms with Crippen LogP contribution in [0, 0.1) is 0 Å². The van der Waals surface area contributed by atoms with Gasteiger partial charge in [-0.2, -0.15) is 0 Å². The molecule has 0 amide bonds. The molecule has 0 aromatic carbocycles. The third-order valence-electron chi connectivity index (χ3n) is 12.6. The predicted molar refractivity (Wildman–Crippen MR) is 307 cm³/mol. The molecule has 0 saturated carbocycles. The number of aliphatic hydroxyl groups is 1. The van der Waals surface area contributed by atoms with Crippen LogP contribution < -0.4 is 0 Å². The van der Waals surface area contributed by atoms with E-state index in [0.29, 0.717) is 19.3 Å². The Morgan fingerprint density at radius 3 is 1.15 bits per heavy atom. The molecule has 0 aliphatic rings. The fraction of sp³-hybridized carbons (Fsp3) is 0.758. The monoisotopic (exact) mass is 1060 g/mol. The molecule has 0 fully saturated rings. The third-order valence-corrected chi connectivity index (χ3v) is 13.5. The Balaban J connectivity index is 4.73. The molecule has 12 heteroatoms. The van der Waals surface area contributed by atoms with Gasteiger partial charge in [-0.25, -0.2) is 4.57 Å². The molecule has 2 N–H and O–H groups in total. The van der Waals surface area contributed by atoms with Crippen LogP contribution >= 0.6 is 7.82 Å². The number of phosphoric acid groups is 1. The standard InChI is InChI=1S/C62H109O11P/c1-4-7-10-13-16-19-22-25-27-28-29-30-32-34-36-39-42-45-48-51-60(64)69-55-59(73-62(66)53-50-47-44-41-38-35-31-26-23-20-17-14-11-8-5-2)57-71-74(67,68)70-56-58(54-63)72-61(65)52-49-46-43-40-37-33-24-21-18-15-12-9-6-3/h8,11-12,15,17,20-21,24-27,31,58-59,63H,4-7,9-10,13-14,16,18-19,22-23,28-30,32-57H2,1-3H3,(H,67,68)/b11-8-,15-12-,20-17-,24-21-,27-25-,31-26-. The second-order valence-electron chi connectivity index (χ2n) is 19.8. The maximum Gasteiger partial charge on any atom is 0.472 e. The summed E-state index contributed by atoms with van der Waals surface area (Å²) in [5.74, 6) is -1.50. The van der Waals surface area contributed by atoms with E-state index in [1.54, 1.807) is 0 Å². The highest BCUT2D eigenvalue weighted by molar-refractivity contribution is 7.47. The summed E-state index contributed by atoms with van der Waals surface area (Å²) in [5.41, 5.74) is 0. The van der Waals surface area contributed by atoms with Crippen molar-refractivity contribution in [2.45, 2.75) is 277 Å². The van der Waals surface area contributed by atoms with E-state index < -0.39 is 57.8 Å². The summed E-state index contributed by atoms with van der Waals surface area (Å²) in [5, 5.41) is 9.81. The Bertz CT molecular complexity index is 1520. The van der Waals surface area contributed by atoms with Crippen LogP contribution in [-0.4, -0.2) is 66.5 Å². The van der Waals surface area contributed by atoms with Crippen molar-refractivity contribution in [3.8, 4) is 0 Å². The first-order valence-electron chi connectivity index (χ1n) is 29.8. The van der Waals surface area contributed by atoms with Gasteiger partial charge in [-0.1, -0.05) is 216 Å². The number of esters is 3. The molecule has 74 heavy (non-hydrogen) atoms. The summed E-state index contributed by atoms with van der Waals surface area (Å²) >= 11 is 0. The summed E-state index contributed by atoms with van der Waals surface area (Å²) in [4.78, 5) is 48.6. The van der Waals surface area contributed by atoms with Gasteiger partial charge >= 0.3 is 25.7 Å². The molecule has 3 atom stereocenters. The SMILES string of the molecule is CC/C=C\C/C=C\C/C=C\CCCCCCCC(=O)OC(COC(=O)CCCCCCCCCCC/C=C\CCCCCCCC)COP(=O)(O)OCC(CO)OC(=O)CCCCCCC/C=C\C/C=C\CCC. The van der Waals surface area contributed by atoms with Crippen LogP contribution in [0.15, 0.2) is 72.9 Å². The quantitative estimate of drug-likeness (QED) is 0.0197. The van der Waals surface area contributed by atoms with E-state index >= 15 is 0 Å². The number of hydrogen-bond donors (Lipinski definition) is 2. The fourth-order valence-corrected chi connectivity index (χ4v) is 8.83. The highest BCUT2D eigenvalue weighted by atomic mass is 31.2. The highest BCUT2D eigenvalue weighted by Crippen LogP contribution is 2.43. The molecular weight excluding hydrogens is 952 g/mol. The van der Waals surface area contributed by atoms with Crippen molar-refractivity contribution in [3.05, 3.63) is 72.9 Å². The van der Waals surface area contributed by atoms with E-state index in [9.17, 15) is 28.9 Å². The second kappa shape index (κ2) is 56.1. The van der Waals surface area contributed by atoms with Gasteiger partial charge in [0.25, 0.3) is 0 Å². The summed E-state index contributed by atoms with van der Waals surface area (Å²) in [7, 11) is -4.76. The van der Waals surface area contributed by atoms with Gasteiger partial charge < -0.3 is 24.2 Å². The van der Waals surface area contributed by atoms with Crippen LogP contribution in [0.4, 0.5) is 0 Å². The fourth-order valence-electron chi connectivity index (χ4n) is 8.05. The van der Waals surface area contributed by atoms with Crippen LogP contribution in [0.1, 0.15) is 265 Å². The Morgan fingerprint density at radius 2 is 0.730 bits per heavy atom. The number of allylic oxidation sites excluding steroid dienone is 12. The lowest BCUT2D eigenvalue weighted by Gasteiger charge is -2.21. The number of ether oxygens (including phenoxy) is 3. The first kappa shape index (κ1) is 70.9. The van der Waals surface area contributed by atoms with Gasteiger partial charge in [-0.3, -0.25) is 23.4 Å². The molecule has 0 aromatic rings. The summed E-state index contributed by atoms with van der Waals surface area (Å²) in [6.45, 7) is 4.44. The van der Waals surface area contributed by atoms with Gasteiger partial charge in [0.1, 0.15) is 12.7 Å². The summed E-state index contributed by atoms with van der Waals surface area (Å²) < 4.78 is 39.5. The lowest BCUT2D eigenvalue weighted by molar-refractivity contribution is -0.161. The van der Waals surface area contributed by atoms with Crippen molar-refractivity contribution in [1.29, 1.82) is 0 Å². The van der Waals surface area contributed by atoms with Crippen LogP contribution in [0.2, 0.25) is 0 Å². The summed E-state index contributed by atoms with van der Waals surface area (Å²) in [6.07, 6.45) is 62.9. The van der Waals surface area contributed by atoms with E-state index in [1.807, 2.05) is 0 Å². The van der Waals surface area contributed by atoms with Gasteiger partial charge in [0.2, 0.25) is 0 Å². The minimum Gasteiger partial charge on any atom is -0.462 e. The molecule has 0 aliphatic carbocycles. The molecule has 3 unspecified atom stereocenters. The zero-order chi connectivity index (χ0) is 54.1. The zero-order valence-corrected chi connectivity index (χ0v) is 48.2. The first-order chi connectivity index (χ1) is 36.2. The van der Waals surface area contributed by atoms with Crippen molar-refractivity contribution in [2.75, 3.05) is 26.4 Å². The van der Waals surface area contributed by atoms with Crippen molar-refractivity contribution in [2.24, 2.45) is 0 Å².